The van der Waals surface area contributed by atoms with E-state index in [9.17, 15) is 9.59 Å². The van der Waals surface area contributed by atoms with Crippen molar-refractivity contribution in [1.82, 2.24) is 14.8 Å². The van der Waals surface area contributed by atoms with Crippen molar-refractivity contribution in [1.29, 1.82) is 0 Å². The standard InChI is InChI=1S/C35H31N3O6/c1-22-2-6-24(7-3-22)28-21-38(25-11-14-41-15-12-25)37-34(35(28)40)30(39)18-23-4-8-26(9-5-23)44-31-10-13-36-29-20-33-32(19-27(29)31)42-16-17-43-33/h2-10,13,19-21,25H,11-12,14-18H2,1H3. The van der Waals surface area contributed by atoms with E-state index in [4.69, 9.17) is 18.9 Å². The second-order valence-electron chi connectivity index (χ2n) is 11.1. The summed E-state index contributed by atoms with van der Waals surface area (Å²) in [5.74, 6) is 2.23. The van der Waals surface area contributed by atoms with Gasteiger partial charge in [0.25, 0.3) is 0 Å². The molecule has 4 heterocycles. The van der Waals surface area contributed by atoms with Crippen LogP contribution in [0.1, 0.15) is 40.5 Å². The third kappa shape index (κ3) is 5.66. The lowest BCUT2D eigenvalue weighted by atomic mass is 10.0. The van der Waals surface area contributed by atoms with Crippen molar-refractivity contribution < 1.29 is 23.7 Å². The molecule has 44 heavy (non-hydrogen) atoms. The van der Waals surface area contributed by atoms with Crippen molar-refractivity contribution in [3.63, 3.8) is 0 Å². The molecule has 0 spiro atoms. The summed E-state index contributed by atoms with van der Waals surface area (Å²) in [6, 6.07) is 20.6. The van der Waals surface area contributed by atoms with Crippen LogP contribution in [0.4, 0.5) is 0 Å². The van der Waals surface area contributed by atoms with Gasteiger partial charge in [-0.05, 0) is 55.2 Å². The number of nitrogens with zero attached hydrogens (tertiary/aromatic N) is 3. The van der Waals surface area contributed by atoms with Crippen molar-refractivity contribution in [3.05, 3.63) is 106 Å². The predicted molar refractivity (Wildman–Crippen MR) is 165 cm³/mol. The maximum atomic E-state index is 13.6. The van der Waals surface area contributed by atoms with Gasteiger partial charge in [0.2, 0.25) is 5.43 Å². The molecule has 0 aliphatic carbocycles. The van der Waals surface area contributed by atoms with Crippen LogP contribution in [0.5, 0.6) is 23.0 Å². The first-order chi connectivity index (χ1) is 21.5. The number of hydrogen-bond acceptors (Lipinski definition) is 8. The van der Waals surface area contributed by atoms with Gasteiger partial charge in [0, 0.05) is 49.0 Å². The van der Waals surface area contributed by atoms with Gasteiger partial charge >= 0.3 is 0 Å². The number of benzene rings is 3. The Bertz CT molecular complexity index is 1890. The van der Waals surface area contributed by atoms with E-state index >= 15 is 0 Å². The van der Waals surface area contributed by atoms with E-state index in [1.807, 2.05) is 67.6 Å². The lowest BCUT2D eigenvalue weighted by Crippen LogP contribution is -2.29. The molecule has 5 aromatic rings. The Hall–Kier alpha value is -5.02. The van der Waals surface area contributed by atoms with Crippen LogP contribution in [0.15, 0.2) is 83.9 Å². The average molecular weight is 590 g/mol. The highest BCUT2D eigenvalue weighted by atomic mass is 16.6. The summed E-state index contributed by atoms with van der Waals surface area (Å²) in [5.41, 5.74) is 3.41. The summed E-state index contributed by atoms with van der Waals surface area (Å²) in [7, 11) is 0. The minimum absolute atomic E-state index is 0.0370. The summed E-state index contributed by atoms with van der Waals surface area (Å²) in [4.78, 5) is 31.6. The van der Waals surface area contributed by atoms with Crippen molar-refractivity contribution in [2.75, 3.05) is 26.4 Å². The molecule has 9 heteroatoms. The first-order valence-electron chi connectivity index (χ1n) is 14.8. The summed E-state index contributed by atoms with van der Waals surface area (Å²) in [5, 5.41) is 5.38. The molecule has 0 unspecified atom stereocenters. The normalized spacial score (nSPS) is 14.8. The zero-order valence-corrected chi connectivity index (χ0v) is 24.3. The second kappa shape index (κ2) is 11.9. The second-order valence-corrected chi connectivity index (χ2v) is 11.1. The van der Waals surface area contributed by atoms with Crippen LogP contribution >= 0.6 is 0 Å². The number of aryl methyl sites for hydroxylation is 1. The number of fused-ring (bicyclic) bond motifs is 2. The van der Waals surface area contributed by atoms with Crippen molar-refractivity contribution in [3.8, 4) is 34.1 Å². The topological polar surface area (TPSA) is 102 Å². The zero-order chi connectivity index (χ0) is 30.0. The number of aromatic nitrogens is 3. The van der Waals surface area contributed by atoms with Crippen molar-refractivity contribution in [2.45, 2.75) is 32.2 Å². The molecule has 0 N–H and O–H groups in total. The summed E-state index contributed by atoms with van der Waals surface area (Å²) in [6.45, 7) is 4.23. The maximum Gasteiger partial charge on any atom is 0.218 e. The summed E-state index contributed by atoms with van der Waals surface area (Å²) < 4.78 is 24.9. The first-order valence-corrected chi connectivity index (χ1v) is 14.8. The van der Waals surface area contributed by atoms with Gasteiger partial charge in [-0.15, -0.1) is 0 Å². The van der Waals surface area contributed by atoms with Gasteiger partial charge in [0.05, 0.1) is 11.6 Å². The third-order valence-corrected chi connectivity index (χ3v) is 8.01. The fraction of sp³-hybridized carbons (Fsp3) is 0.257. The summed E-state index contributed by atoms with van der Waals surface area (Å²) >= 11 is 0. The Morgan fingerprint density at radius 2 is 1.66 bits per heavy atom. The molecule has 0 radical (unpaired) electrons. The van der Waals surface area contributed by atoms with E-state index in [1.165, 1.54) is 0 Å². The molecule has 2 aromatic heterocycles. The minimum atomic E-state index is -0.358. The Morgan fingerprint density at radius 3 is 2.41 bits per heavy atom. The molecule has 1 fully saturated rings. The molecule has 0 saturated carbocycles. The van der Waals surface area contributed by atoms with Gasteiger partial charge in [-0.3, -0.25) is 19.3 Å². The van der Waals surface area contributed by atoms with E-state index < -0.39 is 0 Å². The van der Waals surface area contributed by atoms with Crippen LogP contribution in [0.25, 0.3) is 22.0 Å². The lowest BCUT2D eigenvalue weighted by Gasteiger charge is -2.24. The van der Waals surface area contributed by atoms with Gasteiger partial charge in [0.15, 0.2) is 23.0 Å². The van der Waals surface area contributed by atoms with E-state index in [1.54, 1.807) is 23.1 Å². The van der Waals surface area contributed by atoms with E-state index in [2.05, 4.69) is 10.1 Å². The van der Waals surface area contributed by atoms with Crippen LogP contribution in [-0.4, -0.2) is 47.0 Å². The largest absolute Gasteiger partial charge is 0.486 e. The maximum absolute atomic E-state index is 13.6. The van der Waals surface area contributed by atoms with Gasteiger partial charge in [-0.1, -0.05) is 42.0 Å². The number of pyridine rings is 1. The molecular weight excluding hydrogens is 558 g/mol. The van der Waals surface area contributed by atoms with Gasteiger partial charge in [0.1, 0.15) is 24.7 Å². The number of carbonyl (C=O) groups is 1. The average Bonchev–Trinajstić information content (AvgIpc) is 3.06. The molecule has 0 atom stereocenters. The predicted octanol–water partition coefficient (Wildman–Crippen LogP) is 6.11. The van der Waals surface area contributed by atoms with E-state index in [0.717, 1.165) is 40.4 Å². The molecule has 1 saturated heterocycles. The van der Waals surface area contributed by atoms with Crippen molar-refractivity contribution >= 4 is 16.7 Å². The quantitative estimate of drug-likeness (QED) is 0.210. The van der Waals surface area contributed by atoms with E-state index in [-0.39, 0.29) is 29.4 Å². The fourth-order valence-corrected chi connectivity index (χ4v) is 5.58. The Kier molecular flexibility index (Phi) is 7.54. The number of ketones is 1. The summed E-state index contributed by atoms with van der Waals surface area (Å²) in [6.07, 6.45) is 5.05. The molecule has 222 valence electrons. The molecule has 9 nitrogen and oxygen atoms in total. The Balaban J connectivity index is 1.14. The van der Waals surface area contributed by atoms with Crippen LogP contribution in [0, 0.1) is 6.92 Å². The third-order valence-electron chi connectivity index (χ3n) is 8.01. The number of ether oxygens (including phenoxy) is 4. The fourth-order valence-electron chi connectivity index (χ4n) is 5.58. The SMILES string of the molecule is Cc1ccc(-c2cn(C3CCOCC3)nc(C(=O)Cc3ccc(Oc4ccnc5cc6c(cc45)OCCO6)cc3)c2=O)cc1. The smallest absolute Gasteiger partial charge is 0.218 e. The minimum Gasteiger partial charge on any atom is -0.486 e. The lowest BCUT2D eigenvalue weighted by molar-refractivity contribution is 0.0655. The molecule has 2 aliphatic rings. The Morgan fingerprint density at radius 1 is 0.932 bits per heavy atom. The van der Waals surface area contributed by atoms with Gasteiger partial charge in [-0.2, -0.15) is 5.10 Å². The van der Waals surface area contributed by atoms with Crippen LogP contribution in [0.3, 0.4) is 0 Å². The van der Waals surface area contributed by atoms with Gasteiger partial charge < -0.3 is 18.9 Å². The molecule has 3 aromatic carbocycles. The number of rotatable bonds is 7. The molecule has 0 bridgehead atoms. The zero-order valence-electron chi connectivity index (χ0n) is 24.3. The first kappa shape index (κ1) is 27.8. The van der Waals surface area contributed by atoms with Gasteiger partial charge in [-0.25, -0.2) is 0 Å². The highest BCUT2D eigenvalue weighted by molar-refractivity contribution is 5.96. The molecular formula is C35H31N3O6. The van der Waals surface area contributed by atoms with Crippen LogP contribution in [-0.2, 0) is 11.2 Å². The molecule has 2 aliphatic heterocycles. The van der Waals surface area contributed by atoms with Crippen LogP contribution < -0.4 is 19.6 Å². The highest BCUT2D eigenvalue weighted by Crippen LogP contribution is 2.38. The molecule has 7 rings (SSSR count). The van der Waals surface area contributed by atoms with E-state index in [0.29, 0.717) is 55.0 Å². The number of Topliss-reactive ketones (excluding diaryl/α,β-unsaturated/α-hetero) is 1. The van der Waals surface area contributed by atoms with Crippen LogP contribution in [0.2, 0.25) is 0 Å². The Labute approximate surface area is 254 Å². The van der Waals surface area contributed by atoms with Crippen molar-refractivity contribution in [2.24, 2.45) is 0 Å². The number of hydrogen-bond donors (Lipinski definition) is 0. The highest BCUT2D eigenvalue weighted by Gasteiger charge is 2.23. The monoisotopic (exact) mass is 589 g/mol. The molecule has 0 amide bonds. The number of carbonyl (C=O) groups excluding carboxylic acids is 1.